The number of aliphatic hydroxyl groups excluding tert-OH is 1. The van der Waals surface area contributed by atoms with Gasteiger partial charge in [-0.1, -0.05) is 0 Å². The molecule has 0 radical (unpaired) electrons. The maximum absolute atomic E-state index is 12.6. The molecule has 6 nitrogen and oxygen atoms in total. The first-order valence-corrected chi connectivity index (χ1v) is 8.71. The lowest BCUT2D eigenvalue weighted by molar-refractivity contribution is -0.166. The van der Waals surface area contributed by atoms with Crippen LogP contribution in [0.25, 0.3) is 0 Å². The Morgan fingerprint density at radius 2 is 1.85 bits per heavy atom. The number of hydrogen-bond acceptors (Lipinski definition) is 4. The van der Waals surface area contributed by atoms with Crippen molar-refractivity contribution < 1.29 is 32.6 Å². The van der Waals surface area contributed by atoms with Crippen LogP contribution in [0.4, 0.5) is 18.0 Å². The lowest BCUT2D eigenvalue weighted by Crippen LogP contribution is -2.54. The van der Waals surface area contributed by atoms with E-state index in [0.717, 1.165) is 4.90 Å². The molecule has 3 aliphatic rings. The van der Waals surface area contributed by atoms with Gasteiger partial charge in [0.25, 0.3) is 0 Å². The van der Waals surface area contributed by atoms with Crippen LogP contribution in [0.2, 0.25) is 0 Å². The molecule has 9 heteroatoms. The number of hydrogen-bond donors (Lipinski definition) is 1. The minimum atomic E-state index is -4.59. The molecule has 146 valence electrons. The molecule has 2 amide bonds. The van der Waals surface area contributed by atoms with Crippen molar-refractivity contribution in [3.05, 3.63) is 0 Å². The number of rotatable bonds is 1. The third-order valence-corrected chi connectivity index (χ3v) is 5.21. The van der Waals surface area contributed by atoms with Crippen molar-refractivity contribution >= 4 is 17.7 Å². The number of ether oxygens (including phenoxy) is 1. The highest BCUT2D eigenvalue weighted by atomic mass is 19.4. The Hall–Kier alpha value is -1.64. The van der Waals surface area contributed by atoms with Gasteiger partial charge in [-0.2, -0.15) is 18.2 Å². The number of halogens is 3. The highest BCUT2D eigenvalue weighted by Gasteiger charge is 2.59. The first-order valence-electron chi connectivity index (χ1n) is 8.71. The van der Waals surface area contributed by atoms with Gasteiger partial charge in [0.1, 0.15) is 12.0 Å². The van der Waals surface area contributed by atoms with Gasteiger partial charge in [-0.25, -0.2) is 4.79 Å². The summed E-state index contributed by atoms with van der Waals surface area (Å²) in [5, 5.41) is 10.6. The Morgan fingerprint density at radius 1 is 1.23 bits per heavy atom. The summed E-state index contributed by atoms with van der Waals surface area (Å²) in [6.07, 6.45) is -6.81. The number of aliphatic imine (C=N–C) groups is 1. The van der Waals surface area contributed by atoms with Gasteiger partial charge >= 0.3 is 12.3 Å². The summed E-state index contributed by atoms with van der Waals surface area (Å²) < 4.78 is 43.0. The standard InChI is InChI=1S/C17H23F3N2O4/c1-16(2,3)26-15(25)21-12-9-4-8-5-10(12)14(24)13(9)22(7-8)11(23)6-17(18,19)20/h8-10,13-14,24H,4-7H2,1-3H3/b21-12-/t8?,9-,10+,13?,14-/m0/s1. The van der Waals surface area contributed by atoms with Crippen LogP contribution < -0.4 is 0 Å². The average molecular weight is 376 g/mol. The van der Waals surface area contributed by atoms with Gasteiger partial charge in [0.2, 0.25) is 5.91 Å². The molecule has 0 aromatic rings. The summed E-state index contributed by atoms with van der Waals surface area (Å²) in [5.74, 6) is -1.84. The number of nitrogens with zero attached hydrogens (tertiary/aromatic N) is 2. The van der Waals surface area contributed by atoms with Crippen LogP contribution in [0.5, 0.6) is 0 Å². The van der Waals surface area contributed by atoms with E-state index < -0.39 is 54.2 Å². The van der Waals surface area contributed by atoms with E-state index in [1.807, 2.05) is 0 Å². The van der Waals surface area contributed by atoms with Crippen LogP contribution in [0, 0.1) is 17.8 Å². The van der Waals surface area contributed by atoms with Gasteiger partial charge in [0.15, 0.2) is 0 Å². The zero-order valence-corrected chi connectivity index (χ0v) is 14.9. The van der Waals surface area contributed by atoms with Crippen molar-refractivity contribution in [2.24, 2.45) is 22.7 Å². The van der Waals surface area contributed by atoms with Crippen LogP contribution in [-0.2, 0) is 9.53 Å². The van der Waals surface area contributed by atoms with Crippen molar-refractivity contribution in [3.63, 3.8) is 0 Å². The third-order valence-electron chi connectivity index (χ3n) is 5.21. The quantitative estimate of drug-likeness (QED) is 0.763. The van der Waals surface area contributed by atoms with Crippen molar-refractivity contribution in [1.82, 2.24) is 4.90 Å². The average Bonchev–Trinajstić information content (AvgIpc) is 2.57. The van der Waals surface area contributed by atoms with Crippen molar-refractivity contribution in [3.8, 4) is 0 Å². The molecule has 0 aromatic carbocycles. The second-order valence-electron chi connectivity index (χ2n) is 8.39. The SMILES string of the molecule is CC(C)(C)OC(=O)/N=C1\[C@H]2CC3C[C@@H]1C([C@H]2O)N(C(=O)CC(F)(F)F)C3. The fourth-order valence-corrected chi connectivity index (χ4v) is 4.48. The zero-order chi connectivity index (χ0) is 19.4. The number of aliphatic hydroxyl groups is 1. The second-order valence-corrected chi connectivity index (χ2v) is 8.39. The van der Waals surface area contributed by atoms with Crippen LogP contribution in [-0.4, -0.2) is 58.2 Å². The summed E-state index contributed by atoms with van der Waals surface area (Å²) in [5.41, 5.74) is -0.265. The van der Waals surface area contributed by atoms with Crippen LogP contribution in [0.3, 0.4) is 0 Å². The summed E-state index contributed by atoms with van der Waals surface area (Å²) >= 11 is 0. The van der Waals surface area contributed by atoms with Gasteiger partial charge in [0, 0.05) is 24.1 Å². The molecule has 2 aliphatic carbocycles. The van der Waals surface area contributed by atoms with E-state index in [1.165, 1.54) is 0 Å². The molecule has 3 fully saturated rings. The predicted molar refractivity (Wildman–Crippen MR) is 85.6 cm³/mol. The summed E-state index contributed by atoms with van der Waals surface area (Å²) in [4.78, 5) is 29.4. The van der Waals surface area contributed by atoms with E-state index in [2.05, 4.69) is 4.99 Å². The fraction of sp³-hybridized carbons (Fsp3) is 0.824. The lowest BCUT2D eigenvalue weighted by Gasteiger charge is -2.42. The van der Waals surface area contributed by atoms with Gasteiger partial charge in [0.05, 0.1) is 12.1 Å². The summed E-state index contributed by atoms with van der Waals surface area (Å²) in [7, 11) is 0. The van der Waals surface area contributed by atoms with Crippen molar-refractivity contribution in [2.45, 2.75) is 64.0 Å². The zero-order valence-electron chi connectivity index (χ0n) is 14.9. The maximum Gasteiger partial charge on any atom is 0.434 e. The van der Waals surface area contributed by atoms with Gasteiger partial charge in [-0.15, -0.1) is 0 Å². The molecule has 3 rings (SSSR count). The molecular formula is C17H23F3N2O4. The van der Waals surface area contributed by atoms with Gasteiger partial charge < -0.3 is 14.7 Å². The molecule has 2 unspecified atom stereocenters. The number of fused-ring (bicyclic) bond motifs is 2. The van der Waals surface area contributed by atoms with E-state index in [9.17, 15) is 27.9 Å². The third kappa shape index (κ3) is 3.72. The number of alkyl halides is 3. The largest absolute Gasteiger partial charge is 0.442 e. The lowest BCUT2D eigenvalue weighted by atomic mass is 9.76. The summed E-state index contributed by atoms with van der Waals surface area (Å²) in [6, 6.07) is -0.755. The van der Waals surface area contributed by atoms with Crippen LogP contribution >= 0.6 is 0 Å². The Morgan fingerprint density at radius 3 is 2.42 bits per heavy atom. The highest BCUT2D eigenvalue weighted by molar-refractivity contribution is 6.00. The molecule has 1 heterocycles. The Kier molecular flexibility index (Phi) is 4.57. The minimum absolute atomic E-state index is 0.00756. The van der Waals surface area contributed by atoms with E-state index >= 15 is 0 Å². The Labute approximate surface area is 149 Å². The molecular weight excluding hydrogens is 353 g/mol. The molecule has 1 saturated heterocycles. The van der Waals surface area contributed by atoms with E-state index in [4.69, 9.17) is 4.74 Å². The normalized spacial score (nSPS) is 35.1. The molecule has 3 bridgehead atoms. The predicted octanol–water partition coefficient (Wildman–Crippen LogP) is 2.54. The van der Waals surface area contributed by atoms with E-state index in [0.29, 0.717) is 18.6 Å². The van der Waals surface area contributed by atoms with Gasteiger partial charge in [-0.3, -0.25) is 4.79 Å². The Balaban J connectivity index is 1.84. The minimum Gasteiger partial charge on any atom is -0.442 e. The molecule has 5 atom stereocenters. The number of amides is 2. The molecule has 0 spiro atoms. The van der Waals surface area contributed by atoms with E-state index in [1.54, 1.807) is 20.8 Å². The number of carbonyl (C=O) groups is 2. The molecule has 26 heavy (non-hydrogen) atoms. The van der Waals surface area contributed by atoms with Crippen molar-refractivity contribution in [2.75, 3.05) is 6.54 Å². The highest BCUT2D eigenvalue weighted by Crippen LogP contribution is 2.49. The molecule has 2 saturated carbocycles. The Bertz CT molecular complexity index is 641. The first kappa shape index (κ1) is 19.1. The van der Waals surface area contributed by atoms with Crippen LogP contribution in [0.15, 0.2) is 4.99 Å². The topological polar surface area (TPSA) is 79.2 Å². The number of piperidine rings is 1. The molecule has 1 N–H and O–H groups in total. The van der Waals surface area contributed by atoms with Crippen LogP contribution in [0.1, 0.15) is 40.0 Å². The second kappa shape index (κ2) is 6.21. The maximum atomic E-state index is 12.6. The monoisotopic (exact) mass is 376 g/mol. The first-order chi connectivity index (χ1) is 11.9. The van der Waals surface area contributed by atoms with Crippen molar-refractivity contribution in [1.29, 1.82) is 0 Å². The number of likely N-dealkylation sites (tertiary alicyclic amines) is 1. The molecule has 1 aliphatic heterocycles. The number of carbonyl (C=O) groups excluding carboxylic acids is 2. The van der Waals surface area contributed by atoms with Gasteiger partial charge in [-0.05, 0) is 39.5 Å². The molecule has 0 aromatic heterocycles. The van der Waals surface area contributed by atoms with E-state index in [-0.39, 0.29) is 12.5 Å². The fourth-order valence-electron chi connectivity index (χ4n) is 4.48. The smallest absolute Gasteiger partial charge is 0.434 e. The summed E-state index contributed by atoms with van der Waals surface area (Å²) in [6.45, 7) is 5.32.